The van der Waals surface area contributed by atoms with Gasteiger partial charge in [0.25, 0.3) is 5.91 Å². The third kappa shape index (κ3) is 4.28. The standard InChI is InChI=1S/C22H27N5O3/c1-22(2,30)20(28)26-9-7-16(8-10-26)15-3-5-18(6-4-15)25-21(29)27-12-17-11-23-14-24-19(17)13-27/h3-6,11,14,16,30H,7-10,12-13H2,1-2H3,(H,25,29). The maximum Gasteiger partial charge on any atom is 0.322 e. The predicted molar refractivity (Wildman–Crippen MR) is 112 cm³/mol. The number of aliphatic hydroxyl groups is 1. The number of piperidine rings is 1. The van der Waals surface area contributed by atoms with Crippen molar-refractivity contribution in [3.8, 4) is 0 Å². The fourth-order valence-corrected chi connectivity index (χ4v) is 4.09. The number of fused-ring (bicyclic) bond motifs is 1. The largest absolute Gasteiger partial charge is 0.381 e. The smallest absolute Gasteiger partial charge is 0.322 e. The summed E-state index contributed by atoms with van der Waals surface area (Å²) in [4.78, 5) is 36.5. The van der Waals surface area contributed by atoms with Crippen molar-refractivity contribution in [3.05, 3.63) is 53.6 Å². The van der Waals surface area contributed by atoms with Crippen molar-refractivity contribution in [2.24, 2.45) is 0 Å². The summed E-state index contributed by atoms with van der Waals surface area (Å²) in [6.45, 7) is 5.35. The Morgan fingerprint density at radius 1 is 1.10 bits per heavy atom. The van der Waals surface area contributed by atoms with E-state index in [0.29, 0.717) is 32.1 Å². The van der Waals surface area contributed by atoms with Crippen LogP contribution in [0.15, 0.2) is 36.8 Å². The molecule has 0 unspecified atom stereocenters. The van der Waals surface area contributed by atoms with Gasteiger partial charge in [0.05, 0.1) is 18.8 Å². The molecule has 0 radical (unpaired) electrons. The number of likely N-dealkylation sites (tertiary alicyclic amines) is 1. The van der Waals surface area contributed by atoms with E-state index in [-0.39, 0.29) is 11.9 Å². The number of benzene rings is 1. The molecule has 1 aromatic heterocycles. The van der Waals surface area contributed by atoms with Crippen molar-refractivity contribution in [3.63, 3.8) is 0 Å². The van der Waals surface area contributed by atoms with E-state index < -0.39 is 5.60 Å². The molecule has 2 aliphatic rings. The van der Waals surface area contributed by atoms with E-state index in [1.807, 2.05) is 24.3 Å². The molecule has 30 heavy (non-hydrogen) atoms. The number of anilines is 1. The fraction of sp³-hybridized carbons (Fsp3) is 0.455. The number of nitrogens with zero attached hydrogens (tertiary/aromatic N) is 4. The van der Waals surface area contributed by atoms with E-state index in [0.717, 1.165) is 29.8 Å². The summed E-state index contributed by atoms with van der Waals surface area (Å²) in [5.74, 6) is 0.154. The van der Waals surface area contributed by atoms with Crippen LogP contribution in [0.1, 0.15) is 49.4 Å². The maximum absolute atomic E-state index is 12.6. The Hall–Kier alpha value is -3.00. The quantitative estimate of drug-likeness (QED) is 0.812. The van der Waals surface area contributed by atoms with E-state index in [4.69, 9.17) is 0 Å². The molecule has 0 saturated carbocycles. The monoisotopic (exact) mass is 409 g/mol. The molecule has 2 aliphatic heterocycles. The van der Waals surface area contributed by atoms with Crippen LogP contribution in [0, 0.1) is 0 Å². The molecule has 8 heteroatoms. The first kappa shape index (κ1) is 20.3. The zero-order valence-corrected chi connectivity index (χ0v) is 17.3. The second-order valence-electron chi connectivity index (χ2n) is 8.53. The van der Waals surface area contributed by atoms with E-state index in [1.165, 1.54) is 25.7 Å². The first-order valence-corrected chi connectivity index (χ1v) is 10.3. The van der Waals surface area contributed by atoms with Crippen LogP contribution in [-0.2, 0) is 17.9 Å². The normalized spacial score (nSPS) is 17.0. The Balaban J connectivity index is 1.31. The van der Waals surface area contributed by atoms with Gasteiger partial charge < -0.3 is 20.2 Å². The number of rotatable bonds is 3. The Labute approximate surface area is 175 Å². The van der Waals surface area contributed by atoms with E-state index in [1.54, 1.807) is 16.0 Å². The van der Waals surface area contributed by atoms with Crippen molar-refractivity contribution in [2.75, 3.05) is 18.4 Å². The van der Waals surface area contributed by atoms with Crippen LogP contribution in [0.25, 0.3) is 0 Å². The third-order valence-electron chi connectivity index (χ3n) is 5.81. The number of hydrogen-bond donors (Lipinski definition) is 2. The molecular formula is C22H27N5O3. The highest BCUT2D eigenvalue weighted by molar-refractivity contribution is 5.89. The van der Waals surface area contributed by atoms with E-state index in [2.05, 4.69) is 15.3 Å². The van der Waals surface area contributed by atoms with Gasteiger partial charge in [0.1, 0.15) is 11.9 Å². The average molecular weight is 409 g/mol. The van der Waals surface area contributed by atoms with Crippen molar-refractivity contribution in [1.29, 1.82) is 0 Å². The second-order valence-corrected chi connectivity index (χ2v) is 8.53. The molecule has 4 rings (SSSR count). The van der Waals surface area contributed by atoms with Crippen molar-refractivity contribution < 1.29 is 14.7 Å². The maximum atomic E-state index is 12.6. The summed E-state index contributed by atoms with van der Waals surface area (Å²) in [5.41, 5.74) is 2.51. The van der Waals surface area contributed by atoms with Gasteiger partial charge in [-0.2, -0.15) is 0 Å². The molecule has 3 amide bonds. The Bertz CT molecular complexity index is 906. The molecule has 1 saturated heterocycles. The van der Waals surface area contributed by atoms with Gasteiger partial charge in [0.15, 0.2) is 0 Å². The number of urea groups is 1. The lowest BCUT2D eigenvalue weighted by atomic mass is 9.89. The van der Waals surface area contributed by atoms with Gasteiger partial charge in [-0.25, -0.2) is 14.8 Å². The topological polar surface area (TPSA) is 98.7 Å². The van der Waals surface area contributed by atoms with Crippen LogP contribution >= 0.6 is 0 Å². The van der Waals surface area contributed by atoms with Gasteiger partial charge in [-0.05, 0) is 50.3 Å². The minimum atomic E-state index is -1.32. The Morgan fingerprint density at radius 3 is 2.43 bits per heavy atom. The molecular weight excluding hydrogens is 382 g/mol. The van der Waals surface area contributed by atoms with Crippen molar-refractivity contribution >= 4 is 17.6 Å². The molecule has 0 bridgehead atoms. The lowest BCUT2D eigenvalue weighted by Crippen LogP contribution is -2.48. The van der Waals surface area contributed by atoms with E-state index in [9.17, 15) is 14.7 Å². The number of hydrogen-bond acceptors (Lipinski definition) is 5. The minimum Gasteiger partial charge on any atom is -0.381 e. The SMILES string of the molecule is CC(C)(O)C(=O)N1CCC(c2ccc(NC(=O)N3Cc4cncnc4C3)cc2)CC1. The summed E-state index contributed by atoms with van der Waals surface area (Å²) in [6, 6.07) is 7.77. The van der Waals surface area contributed by atoms with Crippen LogP contribution in [0.3, 0.4) is 0 Å². The first-order chi connectivity index (χ1) is 14.3. The van der Waals surface area contributed by atoms with Gasteiger partial charge >= 0.3 is 6.03 Å². The number of carbonyl (C=O) groups is 2. The highest BCUT2D eigenvalue weighted by Crippen LogP contribution is 2.30. The van der Waals surface area contributed by atoms with Gasteiger partial charge in [-0.1, -0.05) is 12.1 Å². The molecule has 1 fully saturated rings. The van der Waals surface area contributed by atoms with Crippen LogP contribution in [0.4, 0.5) is 10.5 Å². The fourth-order valence-electron chi connectivity index (χ4n) is 4.09. The molecule has 158 valence electrons. The predicted octanol–water partition coefficient (Wildman–Crippen LogP) is 2.50. The third-order valence-corrected chi connectivity index (χ3v) is 5.81. The highest BCUT2D eigenvalue weighted by atomic mass is 16.3. The summed E-state index contributed by atoms with van der Waals surface area (Å²) >= 11 is 0. The molecule has 0 atom stereocenters. The Kier molecular flexibility index (Phi) is 5.42. The minimum absolute atomic E-state index is 0.154. The van der Waals surface area contributed by atoms with Gasteiger partial charge in [0, 0.05) is 30.5 Å². The molecule has 0 spiro atoms. The number of carbonyl (C=O) groups excluding carboxylic acids is 2. The lowest BCUT2D eigenvalue weighted by Gasteiger charge is -2.35. The molecule has 2 aromatic rings. The molecule has 2 N–H and O–H groups in total. The van der Waals surface area contributed by atoms with Gasteiger partial charge in [-0.15, -0.1) is 0 Å². The zero-order chi connectivity index (χ0) is 21.3. The average Bonchev–Trinajstić information content (AvgIpc) is 3.18. The Morgan fingerprint density at radius 2 is 1.80 bits per heavy atom. The zero-order valence-electron chi connectivity index (χ0n) is 17.3. The first-order valence-electron chi connectivity index (χ1n) is 10.3. The van der Waals surface area contributed by atoms with Crippen molar-refractivity contribution in [2.45, 2.75) is 51.3 Å². The van der Waals surface area contributed by atoms with Gasteiger partial charge in [-0.3, -0.25) is 4.79 Å². The van der Waals surface area contributed by atoms with E-state index >= 15 is 0 Å². The van der Waals surface area contributed by atoms with Crippen molar-refractivity contribution in [1.82, 2.24) is 19.8 Å². The molecule has 0 aliphatic carbocycles. The van der Waals surface area contributed by atoms with Crippen LogP contribution in [0.2, 0.25) is 0 Å². The molecule has 3 heterocycles. The summed E-state index contributed by atoms with van der Waals surface area (Å²) in [7, 11) is 0. The number of amides is 3. The number of nitrogens with one attached hydrogen (secondary N) is 1. The summed E-state index contributed by atoms with van der Waals surface area (Å²) in [5, 5.41) is 12.9. The highest BCUT2D eigenvalue weighted by Gasteiger charge is 2.32. The van der Waals surface area contributed by atoms with Crippen LogP contribution in [0.5, 0.6) is 0 Å². The number of aromatic nitrogens is 2. The molecule has 8 nitrogen and oxygen atoms in total. The lowest BCUT2D eigenvalue weighted by molar-refractivity contribution is -0.148. The van der Waals surface area contributed by atoms with Crippen LogP contribution in [-0.4, -0.2) is 55.5 Å². The molecule has 1 aromatic carbocycles. The second kappa shape index (κ2) is 8.02. The van der Waals surface area contributed by atoms with Crippen LogP contribution < -0.4 is 5.32 Å². The summed E-state index contributed by atoms with van der Waals surface area (Å²) in [6.07, 6.45) is 4.98. The van der Waals surface area contributed by atoms with Gasteiger partial charge in [0.2, 0.25) is 0 Å². The summed E-state index contributed by atoms with van der Waals surface area (Å²) < 4.78 is 0.